The molecule has 0 saturated carbocycles. The van der Waals surface area contributed by atoms with Crippen LogP contribution in [0.25, 0.3) is 0 Å². The van der Waals surface area contributed by atoms with Gasteiger partial charge >= 0.3 is 0 Å². The molecular formula is C5H6N4O. The molecule has 2 rings (SSSR count). The summed E-state index contributed by atoms with van der Waals surface area (Å²) in [6, 6.07) is 0. The molecule has 0 fully saturated rings. The van der Waals surface area contributed by atoms with Gasteiger partial charge in [-0.25, -0.2) is 9.97 Å². The van der Waals surface area contributed by atoms with E-state index in [0.717, 1.165) is 5.69 Å². The standard InChI is InChI=1S/C5H6N4O/c10-5-8-3-1-6-2-7-4(3)9-5/h1-2,5,8,10H,(H,6,7,9). The van der Waals surface area contributed by atoms with E-state index in [1.54, 1.807) is 6.20 Å². The summed E-state index contributed by atoms with van der Waals surface area (Å²) < 4.78 is 0. The van der Waals surface area contributed by atoms with Gasteiger partial charge in [0, 0.05) is 0 Å². The molecule has 52 valence electrons. The zero-order valence-electron chi connectivity index (χ0n) is 5.07. The highest BCUT2D eigenvalue weighted by molar-refractivity contribution is 5.67. The van der Waals surface area contributed by atoms with Crippen LogP contribution in [0.3, 0.4) is 0 Å². The molecule has 0 radical (unpaired) electrons. The highest BCUT2D eigenvalue weighted by Gasteiger charge is 2.16. The normalized spacial score (nSPS) is 21.1. The van der Waals surface area contributed by atoms with Crippen LogP contribution < -0.4 is 10.6 Å². The third-order valence-electron chi connectivity index (χ3n) is 1.28. The molecule has 0 saturated heterocycles. The zero-order chi connectivity index (χ0) is 6.97. The number of aliphatic hydroxyl groups is 1. The maximum absolute atomic E-state index is 8.96. The molecular weight excluding hydrogens is 132 g/mol. The summed E-state index contributed by atoms with van der Waals surface area (Å²) in [6.07, 6.45) is 2.30. The van der Waals surface area contributed by atoms with E-state index in [9.17, 15) is 0 Å². The minimum atomic E-state index is -0.730. The monoisotopic (exact) mass is 138 g/mol. The third kappa shape index (κ3) is 0.679. The van der Waals surface area contributed by atoms with Crippen molar-refractivity contribution in [1.82, 2.24) is 9.97 Å². The van der Waals surface area contributed by atoms with Crippen molar-refractivity contribution < 1.29 is 5.11 Å². The zero-order valence-corrected chi connectivity index (χ0v) is 5.07. The topological polar surface area (TPSA) is 70.1 Å². The Morgan fingerprint density at radius 1 is 1.50 bits per heavy atom. The van der Waals surface area contributed by atoms with Crippen molar-refractivity contribution >= 4 is 11.5 Å². The summed E-state index contributed by atoms with van der Waals surface area (Å²) in [4.78, 5) is 7.63. The number of fused-ring (bicyclic) bond motifs is 1. The molecule has 1 aliphatic rings. The van der Waals surface area contributed by atoms with Gasteiger partial charge in [0.2, 0.25) is 6.35 Å². The van der Waals surface area contributed by atoms with E-state index in [2.05, 4.69) is 20.6 Å². The Bertz CT molecular complexity index is 226. The van der Waals surface area contributed by atoms with Crippen LogP contribution in [0, 0.1) is 0 Å². The van der Waals surface area contributed by atoms with Crippen LogP contribution in [-0.4, -0.2) is 21.4 Å². The molecule has 0 amide bonds. The van der Waals surface area contributed by atoms with Crippen molar-refractivity contribution in [3.8, 4) is 0 Å². The lowest BCUT2D eigenvalue weighted by atomic mass is 10.5. The molecule has 10 heavy (non-hydrogen) atoms. The fraction of sp³-hybridized carbons (Fsp3) is 0.200. The Hall–Kier alpha value is -1.36. The Morgan fingerprint density at radius 3 is 3.20 bits per heavy atom. The summed E-state index contributed by atoms with van der Waals surface area (Å²) in [5.41, 5.74) is 0.731. The minimum Gasteiger partial charge on any atom is -0.357 e. The number of aromatic nitrogens is 2. The van der Waals surface area contributed by atoms with E-state index < -0.39 is 6.35 Å². The first-order valence-electron chi connectivity index (χ1n) is 2.87. The largest absolute Gasteiger partial charge is 0.357 e. The quantitative estimate of drug-likeness (QED) is 0.454. The van der Waals surface area contributed by atoms with Crippen molar-refractivity contribution in [2.24, 2.45) is 0 Å². The molecule has 5 nitrogen and oxygen atoms in total. The maximum atomic E-state index is 8.96. The van der Waals surface area contributed by atoms with Crippen LogP contribution in [0.15, 0.2) is 12.5 Å². The molecule has 1 atom stereocenters. The second kappa shape index (κ2) is 1.81. The summed E-state index contributed by atoms with van der Waals surface area (Å²) in [5, 5.41) is 14.4. The summed E-state index contributed by atoms with van der Waals surface area (Å²) in [7, 11) is 0. The van der Waals surface area contributed by atoms with Gasteiger partial charge in [0.05, 0.1) is 11.9 Å². The first-order chi connectivity index (χ1) is 4.86. The molecule has 1 unspecified atom stereocenters. The van der Waals surface area contributed by atoms with E-state index in [1.165, 1.54) is 6.33 Å². The smallest absolute Gasteiger partial charge is 0.204 e. The Morgan fingerprint density at radius 2 is 2.40 bits per heavy atom. The Balaban J connectivity index is 2.42. The SMILES string of the molecule is OC1Nc2cncnc2N1. The van der Waals surface area contributed by atoms with Crippen LogP contribution >= 0.6 is 0 Å². The fourth-order valence-corrected chi connectivity index (χ4v) is 0.863. The van der Waals surface area contributed by atoms with Gasteiger partial charge in [0.25, 0.3) is 0 Å². The van der Waals surface area contributed by atoms with E-state index >= 15 is 0 Å². The van der Waals surface area contributed by atoms with Crippen LogP contribution in [-0.2, 0) is 0 Å². The molecule has 1 aromatic heterocycles. The highest BCUT2D eigenvalue weighted by atomic mass is 16.3. The van der Waals surface area contributed by atoms with Gasteiger partial charge in [-0.05, 0) is 0 Å². The van der Waals surface area contributed by atoms with Crippen molar-refractivity contribution in [3.63, 3.8) is 0 Å². The molecule has 2 heterocycles. The molecule has 0 spiro atoms. The number of nitrogens with zero attached hydrogens (tertiary/aromatic N) is 2. The molecule has 3 N–H and O–H groups in total. The number of hydrogen-bond acceptors (Lipinski definition) is 5. The predicted molar refractivity (Wildman–Crippen MR) is 35.3 cm³/mol. The number of nitrogens with one attached hydrogen (secondary N) is 2. The van der Waals surface area contributed by atoms with Crippen molar-refractivity contribution in [3.05, 3.63) is 12.5 Å². The highest BCUT2D eigenvalue weighted by Crippen LogP contribution is 2.22. The van der Waals surface area contributed by atoms with Gasteiger partial charge in [-0.15, -0.1) is 0 Å². The number of anilines is 2. The molecule has 0 aromatic carbocycles. The van der Waals surface area contributed by atoms with Crippen LogP contribution in [0.2, 0.25) is 0 Å². The van der Waals surface area contributed by atoms with Crippen molar-refractivity contribution in [2.45, 2.75) is 6.35 Å². The molecule has 1 aromatic rings. The van der Waals surface area contributed by atoms with Gasteiger partial charge < -0.3 is 15.7 Å². The lowest BCUT2D eigenvalue weighted by Crippen LogP contribution is -2.20. The molecule has 1 aliphatic heterocycles. The van der Waals surface area contributed by atoms with Crippen molar-refractivity contribution in [1.29, 1.82) is 0 Å². The second-order valence-corrected chi connectivity index (χ2v) is 1.98. The maximum Gasteiger partial charge on any atom is 0.204 e. The summed E-state index contributed by atoms with van der Waals surface area (Å²) >= 11 is 0. The van der Waals surface area contributed by atoms with E-state index in [0.29, 0.717) is 5.82 Å². The minimum absolute atomic E-state index is 0.641. The lowest BCUT2D eigenvalue weighted by molar-refractivity contribution is 0.238. The van der Waals surface area contributed by atoms with Crippen LogP contribution in [0.4, 0.5) is 11.5 Å². The van der Waals surface area contributed by atoms with E-state index in [4.69, 9.17) is 5.11 Å². The van der Waals surface area contributed by atoms with Crippen molar-refractivity contribution in [2.75, 3.05) is 10.6 Å². The number of hydrogen-bond donors (Lipinski definition) is 3. The Kier molecular flexibility index (Phi) is 0.983. The molecule has 5 heteroatoms. The van der Waals surface area contributed by atoms with Crippen LogP contribution in [0.1, 0.15) is 0 Å². The van der Waals surface area contributed by atoms with Gasteiger partial charge in [0.15, 0.2) is 5.82 Å². The van der Waals surface area contributed by atoms with Gasteiger partial charge in [-0.3, -0.25) is 0 Å². The second-order valence-electron chi connectivity index (χ2n) is 1.98. The van der Waals surface area contributed by atoms with E-state index in [-0.39, 0.29) is 0 Å². The van der Waals surface area contributed by atoms with E-state index in [1.807, 2.05) is 0 Å². The Labute approximate surface area is 57.1 Å². The van der Waals surface area contributed by atoms with Gasteiger partial charge in [0.1, 0.15) is 6.33 Å². The van der Waals surface area contributed by atoms with Gasteiger partial charge in [-0.2, -0.15) is 0 Å². The summed E-state index contributed by atoms with van der Waals surface area (Å²) in [6.45, 7) is 0. The lowest BCUT2D eigenvalue weighted by Gasteiger charge is -1.99. The first kappa shape index (κ1) is 5.43. The third-order valence-corrected chi connectivity index (χ3v) is 1.28. The van der Waals surface area contributed by atoms with Crippen LogP contribution in [0.5, 0.6) is 0 Å². The average Bonchev–Trinajstić information content (AvgIpc) is 2.27. The molecule has 0 bridgehead atoms. The average molecular weight is 138 g/mol. The number of aliphatic hydroxyl groups excluding tert-OH is 1. The molecule has 0 aliphatic carbocycles. The van der Waals surface area contributed by atoms with Gasteiger partial charge in [-0.1, -0.05) is 0 Å². The first-order valence-corrected chi connectivity index (χ1v) is 2.87. The number of rotatable bonds is 0. The predicted octanol–water partition coefficient (Wildman–Crippen LogP) is -0.410. The summed E-state index contributed by atoms with van der Waals surface area (Å²) in [5.74, 6) is 0.641. The fourth-order valence-electron chi connectivity index (χ4n) is 0.863.